The molecule has 2 N–H and O–H groups in total. The molecule has 0 aliphatic heterocycles. The number of aryl methyl sites for hydroxylation is 3. The average Bonchev–Trinajstić information content (AvgIpc) is 2.89. The summed E-state index contributed by atoms with van der Waals surface area (Å²) in [6.45, 7) is 7.88. The lowest BCUT2D eigenvalue weighted by atomic mass is 10.1. The van der Waals surface area contributed by atoms with Crippen molar-refractivity contribution in [3.63, 3.8) is 0 Å². The first-order valence-electron chi connectivity index (χ1n) is 8.04. The summed E-state index contributed by atoms with van der Waals surface area (Å²) in [5.74, 6) is 0.835. The van der Waals surface area contributed by atoms with Gasteiger partial charge in [-0.3, -0.25) is 4.99 Å². The third kappa shape index (κ3) is 5.24. The minimum Gasteiger partial charge on any atom is -0.356 e. The highest BCUT2D eigenvalue weighted by Gasteiger charge is 2.06. The van der Waals surface area contributed by atoms with Crippen molar-refractivity contribution in [3.05, 3.63) is 44.9 Å². The van der Waals surface area contributed by atoms with Gasteiger partial charge in [-0.05, 0) is 44.2 Å². The van der Waals surface area contributed by atoms with Gasteiger partial charge in [-0.2, -0.15) is 0 Å². The molecular formula is C18H26N4S2. The van der Waals surface area contributed by atoms with Crippen LogP contribution in [0.4, 0.5) is 0 Å². The largest absolute Gasteiger partial charge is 0.356 e. The van der Waals surface area contributed by atoms with Gasteiger partial charge in [0.15, 0.2) is 5.96 Å². The maximum absolute atomic E-state index is 4.47. The van der Waals surface area contributed by atoms with Gasteiger partial charge in [-0.15, -0.1) is 23.1 Å². The van der Waals surface area contributed by atoms with E-state index in [1.54, 1.807) is 23.1 Å². The molecule has 4 nitrogen and oxygen atoms in total. The number of aliphatic imine (C=N–C) groups is 1. The van der Waals surface area contributed by atoms with Crippen LogP contribution in [0.2, 0.25) is 0 Å². The van der Waals surface area contributed by atoms with E-state index in [2.05, 4.69) is 65.8 Å². The summed E-state index contributed by atoms with van der Waals surface area (Å²) >= 11 is 3.56. The van der Waals surface area contributed by atoms with Crippen LogP contribution in [0.25, 0.3) is 0 Å². The number of nitrogens with zero attached hydrogens (tertiary/aromatic N) is 2. The molecule has 0 atom stereocenters. The molecule has 0 spiro atoms. The Morgan fingerprint density at radius 2 is 2.04 bits per heavy atom. The standard InChI is InChI=1S/C18H26N4S2/c1-12-6-7-15(17(10-12)23-5)11-21-18(19-4)20-9-8-16-13(2)22-14(3)24-16/h6-7,10H,8-9,11H2,1-5H3,(H2,19,20,21). The summed E-state index contributed by atoms with van der Waals surface area (Å²) in [6, 6.07) is 6.57. The summed E-state index contributed by atoms with van der Waals surface area (Å²) < 4.78 is 0. The van der Waals surface area contributed by atoms with Crippen LogP contribution >= 0.6 is 23.1 Å². The molecular weight excluding hydrogens is 336 g/mol. The molecule has 0 amide bonds. The van der Waals surface area contributed by atoms with Crippen LogP contribution in [0.15, 0.2) is 28.1 Å². The lowest BCUT2D eigenvalue weighted by Crippen LogP contribution is -2.37. The zero-order chi connectivity index (χ0) is 17.5. The van der Waals surface area contributed by atoms with Crippen LogP contribution in [-0.2, 0) is 13.0 Å². The van der Waals surface area contributed by atoms with Gasteiger partial charge in [0.1, 0.15) is 0 Å². The molecule has 6 heteroatoms. The van der Waals surface area contributed by atoms with Crippen molar-refractivity contribution in [2.75, 3.05) is 19.8 Å². The fourth-order valence-corrected chi connectivity index (χ4v) is 4.14. The first-order valence-corrected chi connectivity index (χ1v) is 10.1. The first-order chi connectivity index (χ1) is 11.5. The second-order valence-electron chi connectivity index (χ2n) is 5.66. The van der Waals surface area contributed by atoms with Gasteiger partial charge in [-0.1, -0.05) is 12.1 Å². The predicted molar refractivity (Wildman–Crippen MR) is 106 cm³/mol. The van der Waals surface area contributed by atoms with E-state index in [-0.39, 0.29) is 0 Å². The number of thioether (sulfide) groups is 1. The minimum absolute atomic E-state index is 0.773. The molecule has 130 valence electrons. The van der Waals surface area contributed by atoms with Crippen molar-refractivity contribution < 1.29 is 0 Å². The average molecular weight is 363 g/mol. The molecule has 2 rings (SSSR count). The van der Waals surface area contributed by atoms with Crippen LogP contribution in [0.1, 0.15) is 26.7 Å². The van der Waals surface area contributed by atoms with Crippen molar-refractivity contribution in [1.29, 1.82) is 0 Å². The highest BCUT2D eigenvalue weighted by atomic mass is 32.2. The van der Waals surface area contributed by atoms with E-state index >= 15 is 0 Å². The third-order valence-corrected chi connectivity index (χ3v) is 5.71. The van der Waals surface area contributed by atoms with Crippen LogP contribution in [0.5, 0.6) is 0 Å². The van der Waals surface area contributed by atoms with E-state index in [9.17, 15) is 0 Å². The van der Waals surface area contributed by atoms with Crippen molar-refractivity contribution in [2.24, 2.45) is 4.99 Å². The van der Waals surface area contributed by atoms with E-state index in [0.29, 0.717) is 0 Å². The van der Waals surface area contributed by atoms with E-state index in [1.807, 2.05) is 7.05 Å². The van der Waals surface area contributed by atoms with Crippen LogP contribution < -0.4 is 10.6 Å². The fraction of sp³-hybridized carbons (Fsp3) is 0.444. The number of rotatable bonds is 6. The van der Waals surface area contributed by atoms with Gasteiger partial charge in [0.25, 0.3) is 0 Å². The maximum atomic E-state index is 4.47. The quantitative estimate of drug-likeness (QED) is 0.467. The summed E-state index contributed by atoms with van der Waals surface area (Å²) in [5.41, 5.74) is 3.73. The molecule has 0 aliphatic carbocycles. The van der Waals surface area contributed by atoms with Crippen molar-refractivity contribution >= 4 is 29.1 Å². The van der Waals surface area contributed by atoms with E-state index in [0.717, 1.165) is 36.2 Å². The Hall–Kier alpha value is -1.53. The van der Waals surface area contributed by atoms with Gasteiger partial charge < -0.3 is 10.6 Å². The Bertz CT molecular complexity index is 707. The number of aromatic nitrogens is 1. The van der Waals surface area contributed by atoms with Crippen molar-refractivity contribution in [1.82, 2.24) is 15.6 Å². The molecule has 0 bridgehead atoms. The summed E-state index contributed by atoms with van der Waals surface area (Å²) in [6.07, 6.45) is 3.09. The Balaban J connectivity index is 1.85. The van der Waals surface area contributed by atoms with E-state index in [4.69, 9.17) is 0 Å². The highest BCUT2D eigenvalue weighted by Crippen LogP contribution is 2.21. The van der Waals surface area contributed by atoms with Gasteiger partial charge in [-0.25, -0.2) is 4.98 Å². The normalized spacial score (nSPS) is 11.6. The second-order valence-corrected chi connectivity index (χ2v) is 7.80. The molecule has 0 fully saturated rings. The Morgan fingerprint density at radius 1 is 1.25 bits per heavy atom. The Labute approximate surface area is 153 Å². The monoisotopic (exact) mass is 362 g/mol. The number of benzene rings is 1. The molecule has 2 aromatic rings. The lowest BCUT2D eigenvalue weighted by molar-refractivity contribution is 0.790. The Morgan fingerprint density at radius 3 is 2.67 bits per heavy atom. The van der Waals surface area contributed by atoms with Crippen molar-refractivity contribution in [2.45, 2.75) is 38.6 Å². The fourth-order valence-electron chi connectivity index (χ4n) is 2.50. The maximum Gasteiger partial charge on any atom is 0.191 e. The number of hydrogen-bond donors (Lipinski definition) is 2. The number of nitrogens with one attached hydrogen (secondary N) is 2. The SMILES string of the molecule is CN=C(NCCc1sc(C)nc1C)NCc1ccc(C)cc1SC. The molecule has 24 heavy (non-hydrogen) atoms. The third-order valence-electron chi connectivity index (χ3n) is 3.76. The predicted octanol–water partition coefficient (Wildman–Crippen LogP) is 3.70. The smallest absolute Gasteiger partial charge is 0.191 e. The summed E-state index contributed by atoms with van der Waals surface area (Å²) in [7, 11) is 1.81. The molecule has 0 unspecified atom stereocenters. The van der Waals surface area contributed by atoms with Crippen LogP contribution in [0.3, 0.4) is 0 Å². The van der Waals surface area contributed by atoms with Gasteiger partial charge in [0, 0.05) is 36.3 Å². The number of guanidine groups is 1. The van der Waals surface area contributed by atoms with E-state index in [1.165, 1.54) is 20.9 Å². The molecule has 0 saturated heterocycles. The Kier molecular flexibility index (Phi) is 7.12. The lowest BCUT2D eigenvalue weighted by Gasteiger charge is -2.14. The molecule has 0 radical (unpaired) electrons. The number of thiazole rings is 1. The zero-order valence-corrected chi connectivity index (χ0v) is 16.7. The molecule has 1 aromatic carbocycles. The topological polar surface area (TPSA) is 49.3 Å². The minimum atomic E-state index is 0.773. The molecule has 0 saturated carbocycles. The highest BCUT2D eigenvalue weighted by molar-refractivity contribution is 7.98. The van der Waals surface area contributed by atoms with Crippen LogP contribution in [-0.4, -0.2) is 30.8 Å². The number of hydrogen-bond acceptors (Lipinski definition) is 4. The van der Waals surface area contributed by atoms with Gasteiger partial charge in [0.2, 0.25) is 0 Å². The zero-order valence-electron chi connectivity index (χ0n) is 15.1. The van der Waals surface area contributed by atoms with Crippen LogP contribution in [0, 0.1) is 20.8 Å². The second kappa shape index (κ2) is 9.08. The van der Waals surface area contributed by atoms with E-state index < -0.39 is 0 Å². The van der Waals surface area contributed by atoms with Gasteiger partial charge >= 0.3 is 0 Å². The molecule has 1 heterocycles. The van der Waals surface area contributed by atoms with Crippen molar-refractivity contribution in [3.8, 4) is 0 Å². The molecule has 1 aromatic heterocycles. The summed E-state index contributed by atoms with van der Waals surface area (Å²) in [5, 5.41) is 7.92. The first kappa shape index (κ1) is 18.8. The summed E-state index contributed by atoms with van der Waals surface area (Å²) in [4.78, 5) is 11.4. The van der Waals surface area contributed by atoms with Gasteiger partial charge in [0.05, 0.1) is 10.7 Å². The molecule has 0 aliphatic rings.